The summed E-state index contributed by atoms with van der Waals surface area (Å²) >= 11 is 0. The van der Waals surface area contributed by atoms with E-state index in [9.17, 15) is 18.0 Å². The molecule has 146 valence electrons. The summed E-state index contributed by atoms with van der Waals surface area (Å²) in [5.74, 6) is -1.10. The van der Waals surface area contributed by atoms with E-state index in [1.54, 1.807) is 0 Å². The van der Waals surface area contributed by atoms with Gasteiger partial charge < -0.3 is 19.8 Å². The van der Waals surface area contributed by atoms with Gasteiger partial charge in [0.05, 0.1) is 29.8 Å². The smallest absolute Gasteiger partial charge is 0.255 e. The van der Waals surface area contributed by atoms with Crippen LogP contribution in [0.1, 0.15) is 31.1 Å². The number of nitrogens with one attached hydrogen (secondary N) is 2. The summed E-state index contributed by atoms with van der Waals surface area (Å²) in [5.41, 5.74) is 0.308. The number of hydrogen-bond donors (Lipinski definition) is 2. The van der Waals surface area contributed by atoms with E-state index in [0.717, 1.165) is 0 Å². The summed E-state index contributed by atoms with van der Waals surface area (Å²) in [6, 6.07) is 0.681. The minimum Gasteiger partial charge on any atom is -0.472 e. The Bertz CT molecular complexity index is 708. The van der Waals surface area contributed by atoms with Crippen LogP contribution < -0.4 is 10.6 Å². The van der Waals surface area contributed by atoms with Crippen LogP contribution in [0.5, 0.6) is 0 Å². The van der Waals surface area contributed by atoms with Gasteiger partial charge in [-0.1, -0.05) is 0 Å². The molecule has 0 unspecified atom stereocenters. The van der Waals surface area contributed by atoms with Gasteiger partial charge in [-0.05, 0) is 26.8 Å². The maximum absolute atomic E-state index is 12.4. The third-order valence-electron chi connectivity index (χ3n) is 3.96. The fourth-order valence-electron chi connectivity index (χ4n) is 2.68. The zero-order chi connectivity index (χ0) is 19.3. The van der Waals surface area contributed by atoms with Gasteiger partial charge in [-0.25, -0.2) is 8.42 Å². The van der Waals surface area contributed by atoms with Crippen LogP contribution in [0.4, 0.5) is 0 Å². The average Bonchev–Trinajstić information content (AvgIpc) is 3.08. The topological polar surface area (TPSA) is 118 Å². The summed E-state index contributed by atoms with van der Waals surface area (Å²) in [4.78, 5) is 23.9. The molecule has 26 heavy (non-hydrogen) atoms. The predicted octanol–water partition coefficient (Wildman–Crippen LogP) is -0.0469. The Labute approximate surface area is 153 Å². The molecule has 0 radical (unpaired) electrons. The normalized spacial score (nSPS) is 22.6. The van der Waals surface area contributed by atoms with Gasteiger partial charge in [-0.15, -0.1) is 0 Å². The van der Waals surface area contributed by atoms with Gasteiger partial charge in [0.25, 0.3) is 5.91 Å². The van der Waals surface area contributed by atoms with Crippen LogP contribution in [0, 0.1) is 0 Å². The number of rotatable bonds is 7. The number of furan rings is 1. The molecule has 1 fully saturated rings. The lowest BCUT2D eigenvalue weighted by molar-refractivity contribution is -0.122. The number of nitrogens with zero attached hydrogens (tertiary/aromatic N) is 1. The number of hydrogen-bond acceptors (Lipinski definition) is 6. The molecule has 1 aliphatic rings. The molecule has 1 aromatic heterocycles. The predicted molar refractivity (Wildman–Crippen MR) is 94.0 cm³/mol. The highest BCUT2D eigenvalue weighted by molar-refractivity contribution is 7.89. The van der Waals surface area contributed by atoms with Crippen molar-refractivity contribution in [3.05, 3.63) is 24.2 Å². The second-order valence-corrected chi connectivity index (χ2v) is 8.48. The number of carbonyl (C=O) groups is 2. The van der Waals surface area contributed by atoms with Crippen LogP contribution in [0.15, 0.2) is 23.0 Å². The third-order valence-corrected chi connectivity index (χ3v) is 5.77. The van der Waals surface area contributed by atoms with Gasteiger partial charge >= 0.3 is 0 Å². The van der Waals surface area contributed by atoms with Gasteiger partial charge in [-0.2, -0.15) is 4.31 Å². The Morgan fingerprint density at radius 2 is 1.96 bits per heavy atom. The molecule has 2 heterocycles. The maximum Gasteiger partial charge on any atom is 0.255 e. The van der Waals surface area contributed by atoms with Crippen molar-refractivity contribution in [3.8, 4) is 0 Å². The highest BCUT2D eigenvalue weighted by Crippen LogP contribution is 2.14. The van der Waals surface area contributed by atoms with Gasteiger partial charge in [0, 0.05) is 19.6 Å². The Balaban J connectivity index is 1.78. The van der Waals surface area contributed by atoms with E-state index in [4.69, 9.17) is 9.15 Å². The summed E-state index contributed by atoms with van der Waals surface area (Å²) in [7, 11) is -3.49. The first kappa shape index (κ1) is 20.4. The fourth-order valence-corrected chi connectivity index (χ4v) is 4.17. The van der Waals surface area contributed by atoms with Gasteiger partial charge in [0.1, 0.15) is 12.3 Å². The molecule has 2 rings (SSSR count). The number of sulfonamides is 1. The molecule has 2 amide bonds. The molecule has 2 N–H and O–H groups in total. The highest BCUT2D eigenvalue weighted by atomic mass is 32.2. The minimum atomic E-state index is -3.49. The summed E-state index contributed by atoms with van der Waals surface area (Å²) in [6.45, 7) is 5.74. The fraction of sp³-hybridized carbons (Fsp3) is 0.625. The summed E-state index contributed by atoms with van der Waals surface area (Å²) < 4.78 is 36.5. The largest absolute Gasteiger partial charge is 0.472 e. The Morgan fingerprint density at radius 1 is 1.31 bits per heavy atom. The molecule has 0 spiro atoms. The first-order valence-corrected chi connectivity index (χ1v) is 10.0. The van der Waals surface area contributed by atoms with Crippen molar-refractivity contribution < 1.29 is 27.2 Å². The van der Waals surface area contributed by atoms with E-state index in [1.165, 1.54) is 29.8 Å². The Morgan fingerprint density at radius 3 is 2.54 bits per heavy atom. The quantitative estimate of drug-likeness (QED) is 0.677. The molecule has 10 heteroatoms. The van der Waals surface area contributed by atoms with E-state index >= 15 is 0 Å². The van der Waals surface area contributed by atoms with Crippen LogP contribution in [0.3, 0.4) is 0 Å². The lowest BCUT2D eigenvalue weighted by Crippen LogP contribution is -2.50. The molecule has 1 aromatic rings. The molecular formula is C16H25N3O6S. The number of ether oxygens (including phenoxy) is 1. The highest BCUT2D eigenvalue weighted by Gasteiger charge is 2.30. The van der Waals surface area contributed by atoms with Crippen molar-refractivity contribution in [1.29, 1.82) is 0 Å². The van der Waals surface area contributed by atoms with E-state index < -0.39 is 27.9 Å². The van der Waals surface area contributed by atoms with E-state index in [-0.39, 0.29) is 24.5 Å². The average molecular weight is 387 g/mol. The van der Waals surface area contributed by atoms with Gasteiger partial charge in [0.2, 0.25) is 15.9 Å². The van der Waals surface area contributed by atoms with Crippen molar-refractivity contribution in [2.75, 3.05) is 25.4 Å². The number of carbonyl (C=O) groups excluding carboxylic acids is 2. The molecule has 0 saturated carbocycles. The molecule has 3 atom stereocenters. The Hall–Kier alpha value is -1.91. The number of amides is 2. The molecular weight excluding hydrogens is 362 g/mol. The van der Waals surface area contributed by atoms with Crippen molar-refractivity contribution >= 4 is 21.8 Å². The van der Waals surface area contributed by atoms with Crippen molar-refractivity contribution in [3.63, 3.8) is 0 Å². The second-order valence-electron chi connectivity index (χ2n) is 6.39. The SMILES string of the molecule is C[C@@H]1CN(S(=O)(=O)CCNC(=O)[C@@H](C)NC(=O)c2ccoc2)C[C@H](C)O1. The first-order valence-electron chi connectivity index (χ1n) is 8.43. The van der Waals surface area contributed by atoms with Crippen LogP contribution in [0.25, 0.3) is 0 Å². The Kier molecular flexibility index (Phi) is 6.79. The van der Waals surface area contributed by atoms with E-state index in [2.05, 4.69) is 10.6 Å². The van der Waals surface area contributed by atoms with E-state index in [0.29, 0.717) is 18.7 Å². The van der Waals surface area contributed by atoms with Crippen LogP contribution >= 0.6 is 0 Å². The van der Waals surface area contributed by atoms with Crippen LogP contribution in [0.2, 0.25) is 0 Å². The molecule has 1 saturated heterocycles. The lowest BCUT2D eigenvalue weighted by Gasteiger charge is -2.34. The molecule has 0 aromatic carbocycles. The van der Waals surface area contributed by atoms with Crippen molar-refractivity contribution in [1.82, 2.24) is 14.9 Å². The van der Waals surface area contributed by atoms with Gasteiger partial charge in [-0.3, -0.25) is 9.59 Å². The van der Waals surface area contributed by atoms with Crippen molar-refractivity contribution in [2.24, 2.45) is 0 Å². The second kappa shape index (κ2) is 8.65. The molecule has 0 bridgehead atoms. The molecule has 0 aliphatic carbocycles. The third kappa shape index (κ3) is 5.55. The first-order chi connectivity index (χ1) is 12.2. The standard InChI is InChI=1S/C16H25N3O6S/c1-11-8-19(9-12(2)25-11)26(22,23)7-5-17-15(20)13(3)18-16(21)14-4-6-24-10-14/h4,6,10-13H,5,7-9H2,1-3H3,(H,17,20)(H,18,21)/t11-,12+,13-/m1/s1. The zero-order valence-corrected chi connectivity index (χ0v) is 15.9. The van der Waals surface area contributed by atoms with E-state index in [1.807, 2.05) is 13.8 Å². The number of morpholine rings is 1. The van der Waals surface area contributed by atoms with Gasteiger partial charge in [0.15, 0.2) is 0 Å². The maximum atomic E-state index is 12.4. The molecule has 9 nitrogen and oxygen atoms in total. The van der Waals surface area contributed by atoms with Crippen LogP contribution in [-0.4, -0.2) is 68.2 Å². The summed E-state index contributed by atoms with van der Waals surface area (Å²) in [6.07, 6.45) is 2.30. The minimum absolute atomic E-state index is 0.0345. The zero-order valence-electron chi connectivity index (χ0n) is 15.1. The van der Waals surface area contributed by atoms with Crippen LogP contribution in [-0.2, 0) is 19.6 Å². The molecule has 1 aliphatic heterocycles. The van der Waals surface area contributed by atoms with Crippen molar-refractivity contribution in [2.45, 2.75) is 39.0 Å². The monoisotopic (exact) mass is 387 g/mol. The lowest BCUT2D eigenvalue weighted by atomic mass is 10.2. The summed E-state index contributed by atoms with van der Waals surface area (Å²) in [5, 5.41) is 5.05.